The van der Waals surface area contributed by atoms with Gasteiger partial charge in [-0.05, 0) is 19.9 Å². The van der Waals surface area contributed by atoms with Crippen LogP contribution >= 0.6 is 0 Å². The third kappa shape index (κ3) is 3.23. The topological polar surface area (TPSA) is 84.1 Å². The second-order valence-corrected chi connectivity index (χ2v) is 4.17. The molecule has 6 heteroatoms. The number of hydrogen-bond acceptors (Lipinski definition) is 4. The molecule has 20 heavy (non-hydrogen) atoms. The number of aromatic amines is 1. The highest BCUT2D eigenvalue weighted by molar-refractivity contribution is 6.03. The number of nitrogens with one attached hydrogen (secondary N) is 2. The van der Waals surface area contributed by atoms with Crippen molar-refractivity contribution in [1.82, 2.24) is 9.97 Å². The number of pyridine rings is 2. The van der Waals surface area contributed by atoms with Crippen LogP contribution in [0.25, 0.3) is 0 Å². The third-order valence-corrected chi connectivity index (χ3v) is 2.59. The molecule has 0 aliphatic rings. The lowest BCUT2D eigenvalue weighted by molar-refractivity contribution is 0.102. The number of hydrogen-bond donors (Lipinski definition) is 2. The van der Waals surface area contributed by atoms with Gasteiger partial charge in [0, 0.05) is 24.0 Å². The van der Waals surface area contributed by atoms with Gasteiger partial charge < -0.3 is 15.0 Å². The first-order valence-corrected chi connectivity index (χ1v) is 6.19. The standard InChI is InChI=1S/C14H15N3O3/c1-3-20-13-5-4-10(7-16-13)17-14(19)11-8-15-9(2)6-12(11)18/h4-8H,3H2,1-2H3,(H,15,18)(H,17,19). The van der Waals surface area contributed by atoms with E-state index in [-0.39, 0.29) is 11.0 Å². The minimum Gasteiger partial charge on any atom is -0.478 e. The van der Waals surface area contributed by atoms with Gasteiger partial charge in [-0.1, -0.05) is 0 Å². The number of ether oxygens (including phenoxy) is 1. The van der Waals surface area contributed by atoms with Crippen LogP contribution in [0, 0.1) is 6.92 Å². The number of carbonyl (C=O) groups is 1. The van der Waals surface area contributed by atoms with Gasteiger partial charge >= 0.3 is 0 Å². The summed E-state index contributed by atoms with van der Waals surface area (Å²) in [6.45, 7) is 4.14. The molecule has 2 N–H and O–H groups in total. The van der Waals surface area contributed by atoms with Gasteiger partial charge in [-0.3, -0.25) is 9.59 Å². The number of aryl methyl sites for hydroxylation is 1. The molecule has 104 valence electrons. The molecule has 0 saturated heterocycles. The predicted octanol–water partition coefficient (Wildman–Crippen LogP) is 1.73. The van der Waals surface area contributed by atoms with E-state index in [1.54, 1.807) is 19.1 Å². The van der Waals surface area contributed by atoms with Crippen LogP contribution in [0.4, 0.5) is 5.69 Å². The Hall–Kier alpha value is -2.63. The van der Waals surface area contributed by atoms with Crippen molar-refractivity contribution in [2.45, 2.75) is 13.8 Å². The fourth-order valence-electron chi connectivity index (χ4n) is 1.64. The van der Waals surface area contributed by atoms with E-state index in [1.165, 1.54) is 18.5 Å². The zero-order valence-corrected chi connectivity index (χ0v) is 11.3. The monoisotopic (exact) mass is 273 g/mol. The van der Waals surface area contributed by atoms with Gasteiger partial charge in [0.2, 0.25) is 5.88 Å². The van der Waals surface area contributed by atoms with Gasteiger partial charge in [0.05, 0.1) is 18.5 Å². The van der Waals surface area contributed by atoms with Gasteiger partial charge in [0.25, 0.3) is 5.91 Å². The average Bonchev–Trinajstić information content (AvgIpc) is 2.41. The fraction of sp³-hybridized carbons (Fsp3) is 0.214. The summed E-state index contributed by atoms with van der Waals surface area (Å²) in [6.07, 6.45) is 2.88. The Morgan fingerprint density at radius 1 is 1.45 bits per heavy atom. The van der Waals surface area contributed by atoms with Crippen molar-refractivity contribution < 1.29 is 9.53 Å². The van der Waals surface area contributed by atoms with Crippen molar-refractivity contribution >= 4 is 11.6 Å². The normalized spacial score (nSPS) is 10.1. The minimum absolute atomic E-state index is 0.0597. The van der Waals surface area contributed by atoms with Crippen molar-refractivity contribution in [2.24, 2.45) is 0 Å². The summed E-state index contributed by atoms with van der Waals surface area (Å²) in [7, 11) is 0. The zero-order valence-electron chi connectivity index (χ0n) is 11.3. The molecule has 1 amide bonds. The first-order valence-electron chi connectivity index (χ1n) is 6.19. The van der Waals surface area contributed by atoms with E-state index in [0.717, 1.165) is 0 Å². The molecule has 0 spiro atoms. The van der Waals surface area contributed by atoms with Gasteiger partial charge in [0.15, 0.2) is 5.43 Å². The summed E-state index contributed by atoms with van der Waals surface area (Å²) in [5, 5.41) is 2.61. The SMILES string of the molecule is CCOc1ccc(NC(=O)c2c[nH]c(C)cc2=O)cn1. The molecular weight excluding hydrogens is 258 g/mol. The highest BCUT2D eigenvalue weighted by atomic mass is 16.5. The maximum atomic E-state index is 12.0. The van der Waals surface area contributed by atoms with Crippen molar-refractivity contribution in [3.05, 3.63) is 52.1 Å². The highest BCUT2D eigenvalue weighted by Gasteiger charge is 2.10. The summed E-state index contributed by atoms with van der Waals surface area (Å²) >= 11 is 0. The molecule has 0 radical (unpaired) electrons. The van der Waals surface area contributed by atoms with Gasteiger partial charge in [-0.25, -0.2) is 4.98 Å². The van der Waals surface area contributed by atoms with Crippen LogP contribution in [-0.2, 0) is 0 Å². The Morgan fingerprint density at radius 2 is 2.25 bits per heavy atom. The molecule has 0 fully saturated rings. The predicted molar refractivity (Wildman–Crippen MR) is 75.2 cm³/mol. The molecule has 0 aliphatic heterocycles. The summed E-state index contributed by atoms with van der Waals surface area (Å²) in [4.78, 5) is 30.5. The van der Waals surface area contributed by atoms with E-state index in [0.29, 0.717) is 23.9 Å². The second kappa shape index (κ2) is 6.01. The van der Waals surface area contributed by atoms with E-state index >= 15 is 0 Å². The second-order valence-electron chi connectivity index (χ2n) is 4.17. The lowest BCUT2D eigenvalue weighted by atomic mass is 10.2. The number of nitrogens with zero attached hydrogens (tertiary/aromatic N) is 1. The Morgan fingerprint density at radius 3 is 2.85 bits per heavy atom. The summed E-state index contributed by atoms with van der Waals surface area (Å²) in [5.41, 5.74) is 0.940. The van der Waals surface area contributed by atoms with E-state index in [4.69, 9.17) is 4.74 Å². The first-order chi connectivity index (χ1) is 9.60. The first kappa shape index (κ1) is 13.8. The van der Waals surface area contributed by atoms with Gasteiger partial charge in [-0.2, -0.15) is 0 Å². The molecule has 0 unspecified atom stereocenters. The number of rotatable bonds is 4. The van der Waals surface area contributed by atoms with Crippen molar-refractivity contribution in [3.8, 4) is 5.88 Å². The smallest absolute Gasteiger partial charge is 0.261 e. The molecule has 0 aromatic carbocycles. The van der Waals surface area contributed by atoms with Crippen LogP contribution in [0.3, 0.4) is 0 Å². The average molecular weight is 273 g/mol. The van der Waals surface area contributed by atoms with Crippen LogP contribution in [0.2, 0.25) is 0 Å². The Balaban J connectivity index is 2.13. The maximum absolute atomic E-state index is 12.0. The summed E-state index contributed by atoms with van der Waals surface area (Å²) in [5.74, 6) is 0.0101. The third-order valence-electron chi connectivity index (χ3n) is 2.59. The number of aromatic nitrogens is 2. The van der Waals surface area contributed by atoms with E-state index in [2.05, 4.69) is 15.3 Å². The van der Waals surface area contributed by atoms with Crippen molar-refractivity contribution in [1.29, 1.82) is 0 Å². The molecule has 2 heterocycles. The molecule has 2 rings (SSSR count). The molecule has 2 aromatic rings. The van der Waals surface area contributed by atoms with E-state index in [9.17, 15) is 9.59 Å². The van der Waals surface area contributed by atoms with E-state index < -0.39 is 5.91 Å². The zero-order chi connectivity index (χ0) is 14.5. The number of anilines is 1. The molecular formula is C14H15N3O3. The number of carbonyl (C=O) groups excluding carboxylic acids is 1. The summed E-state index contributed by atoms with van der Waals surface area (Å²) in [6, 6.07) is 4.70. The molecule has 2 aromatic heterocycles. The molecule has 6 nitrogen and oxygen atoms in total. The van der Waals surface area contributed by atoms with Gasteiger partial charge in [0.1, 0.15) is 5.56 Å². The molecule has 0 saturated carbocycles. The maximum Gasteiger partial charge on any atom is 0.261 e. The van der Waals surface area contributed by atoms with Crippen LogP contribution in [-0.4, -0.2) is 22.5 Å². The van der Waals surface area contributed by atoms with Crippen molar-refractivity contribution in [2.75, 3.05) is 11.9 Å². The number of amides is 1. The number of H-pyrrole nitrogens is 1. The van der Waals surface area contributed by atoms with Crippen LogP contribution in [0.1, 0.15) is 23.0 Å². The Bertz CT molecular complexity index is 662. The molecule has 0 aliphatic carbocycles. The molecule has 0 atom stereocenters. The summed E-state index contributed by atoms with van der Waals surface area (Å²) < 4.78 is 5.20. The van der Waals surface area contributed by atoms with Crippen LogP contribution in [0.15, 0.2) is 35.4 Å². The minimum atomic E-state index is -0.475. The Kier molecular flexibility index (Phi) is 4.14. The highest BCUT2D eigenvalue weighted by Crippen LogP contribution is 2.12. The largest absolute Gasteiger partial charge is 0.478 e. The van der Waals surface area contributed by atoms with E-state index in [1.807, 2.05) is 6.92 Å². The van der Waals surface area contributed by atoms with Gasteiger partial charge in [-0.15, -0.1) is 0 Å². The Labute approximate surface area is 115 Å². The van der Waals surface area contributed by atoms with Crippen molar-refractivity contribution in [3.63, 3.8) is 0 Å². The fourth-order valence-corrected chi connectivity index (χ4v) is 1.64. The lowest BCUT2D eigenvalue weighted by Gasteiger charge is -2.06. The lowest BCUT2D eigenvalue weighted by Crippen LogP contribution is -2.21. The quantitative estimate of drug-likeness (QED) is 0.888. The van der Waals surface area contributed by atoms with Crippen LogP contribution < -0.4 is 15.5 Å². The van der Waals surface area contributed by atoms with Crippen LogP contribution in [0.5, 0.6) is 5.88 Å². The molecule has 0 bridgehead atoms.